The summed E-state index contributed by atoms with van der Waals surface area (Å²) in [5.74, 6) is -0.178. The topological polar surface area (TPSA) is 67.2 Å². The van der Waals surface area contributed by atoms with E-state index in [2.05, 4.69) is 10.4 Å². The summed E-state index contributed by atoms with van der Waals surface area (Å²) in [5, 5.41) is 8.43. The second-order valence-electron chi connectivity index (χ2n) is 9.32. The van der Waals surface area contributed by atoms with Gasteiger partial charge in [0.15, 0.2) is 0 Å². The molecule has 1 atom stereocenters. The maximum absolute atomic E-state index is 13.7. The summed E-state index contributed by atoms with van der Waals surface area (Å²) in [5.41, 5.74) is 0.863. The average molecular weight is 443 g/mol. The van der Waals surface area contributed by atoms with Crippen molar-refractivity contribution in [1.29, 1.82) is 0 Å². The summed E-state index contributed by atoms with van der Waals surface area (Å²) in [4.78, 5) is 29.0. The molecule has 0 unspecified atom stereocenters. The highest BCUT2D eigenvalue weighted by molar-refractivity contribution is 6.31. The fourth-order valence-electron chi connectivity index (χ4n) is 4.67. The molecule has 1 fully saturated rings. The van der Waals surface area contributed by atoms with Crippen molar-refractivity contribution in [1.82, 2.24) is 15.1 Å². The Morgan fingerprint density at radius 1 is 1.19 bits per heavy atom. The lowest BCUT2D eigenvalue weighted by molar-refractivity contribution is -0.127. The van der Waals surface area contributed by atoms with Gasteiger partial charge >= 0.3 is 0 Å². The van der Waals surface area contributed by atoms with E-state index in [-0.39, 0.29) is 23.8 Å². The third-order valence-corrected chi connectivity index (χ3v) is 6.74. The van der Waals surface area contributed by atoms with Crippen LogP contribution < -0.4 is 10.2 Å². The van der Waals surface area contributed by atoms with E-state index in [9.17, 15) is 9.59 Å². The zero-order chi connectivity index (χ0) is 22.2. The zero-order valence-electron chi connectivity index (χ0n) is 18.5. The summed E-state index contributed by atoms with van der Waals surface area (Å²) in [6.45, 7) is 6.22. The Morgan fingerprint density at radius 3 is 2.55 bits per heavy atom. The van der Waals surface area contributed by atoms with Crippen LogP contribution in [0.4, 0.5) is 5.69 Å². The zero-order valence-corrected chi connectivity index (χ0v) is 19.3. The monoisotopic (exact) mass is 442 g/mol. The molecule has 2 aliphatic rings. The first-order chi connectivity index (χ1) is 14.8. The molecule has 7 heteroatoms. The molecule has 0 bridgehead atoms. The predicted molar refractivity (Wildman–Crippen MR) is 123 cm³/mol. The van der Waals surface area contributed by atoms with Gasteiger partial charge in [0.2, 0.25) is 5.91 Å². The third-order valence-electron chi connectivity index (χ3n) is 6.51. The quantitative estimate of drug-likeness (QED) is 0.683. The van der Waals surface area contributed by atoms with Gasteiger partial charge in [-0.3, -0.25) is 19.2 Å². The Kier molecular flexibility index (Phi) is 6.11. The number of rotatable bonds is 4. The fraction of sp³-hybridized carbons (Fsp3) is 0.542. The molecule has 2 amide bonds. The number of amides is 2. The lowest BCUT2D eigenvalue weighted by Gasteiger charge is -2.43. The number of hydrogen-bond donors (Lipinski definition) is 1. The first-order valence-corrected chi connectivity index (χ1v) is 11.7. The van der Waals surface area contributed by atoms with Gasteiger partial charge in [-0.15, -0.1) is 0 Å². The number of benzene rings is 1. The summed E-state index contributed by atoms with van der Waals surface area (Å²) in [6, 6.07) is 9.13. The minimum atomic E-state index is -1.11. The van der Waals surface area contributed by atoms with E-state index in [4.69, 9.17) is 11.6 Å². The van der Waals surface area contributed by atoms with Crippen LogP contribution in [-0.2, 0) is 11.3 Å². The third kappa shape index (κ3) is 4.22. The minimum absolute atomic E-state index is 0.139. The molecule has 0 spiro atoms. The molecule has 31 heavy (non-hydrogen) atoms. The van der Waals surface area contributed by atoms with Crippen LogP contribution in [0.15, 0.2) is 30.3 Å². The standard InChI is InChI=1S/C24H31ClN4O2/c1-16(2)20-14-21-22(30)29(19-12-8-9-17(25)13-19)24(3,15-28(21)27-20)23(31)26-18-10-6-4-5-7-11-18/h8-9,12-14,16,18H,4-7,10-11,15H2,1-3H3,(H,26,31)/t24-/m0/s1. The smallest absolute Gasteiger partial charge is 0.277 e. The molecular formula is C24H31ClN4O2. The van der Waals surface area contributed by atoms with Gasteiger partial charge in [0, 0.05) is 16.8 Å². The Hall–Kier alpha value is -2.34. The number of aromatic nitrogens is 2. The molecule has 1 aromatic carbocycles. The maximum Gasteiger partial charge on any atom is 0.277 e. The number of nitrogens with one attached hydrogen (secondary N) is 1. The van der Waals surface area contributed by atoms with Crippen molar-refractivity contribution in [2.45, 2.75) is 83.3 Å². The van der Waals surface area contributed by atoms with Crippen LogP contribution in [0.1, 0.15) is 81.4 Å². The number of carbonyl (C=O) groups excluding carboxylic acids is 2. The fourth-order valence-corrected chi connectivity index (χ4v) is 4.85. The molecule has 6 nitrogen and oxygen atoms in total. The molecule has 1 saturated carbocycles. The number of fused-ring (bicyclic) bond motifs is 1. The number of anilines is 1. The average Bonchev–Trinajstić information content (AvgIpc) is 2.98. The van der Waals surface area contributed by atoms with Crippen molar-refractivity contribution >= 4 is 29.1 Å². The highest BCUT2D eigenvalue weighted by atomic mass is 35.5. The van der Waals surface area contributed by atoms with Crippen LogP contribution in [0, 0.1) is 0 Å². The van der Waals surface area contributed by atoms with E-state index in [1.807, 2.05) is 32.9 Å². The molecule has 166 valence electrons. The summed E-state index contributed by atoms with van der Waals surface area (Å²) < 4.78 is 1.70. The Balaban J connectivity index is 1.74. The first kappa shape index (κ1) is 21.9. The van der Waals surface area contributed by atoms with E-state index in [0.29, 0.717) is 22.9 Å². The molecule has 2 aromatic rings. The predicted octanol–water partition coefficient (Wildman–Crippen LogP) is 4.92. The molecule has 4 rings (SSSR count). The van der Waals surface area contributed by atoms with E-state index in [1.54, 1.807) is 27.8 Å². The molecule has 1 aliphatic heterocycles. The van der Waals surface area contributed by atoms with Crippen LogP contribution in [0.5, 0.6) is 0 Å². The number of hydrogen-bond acceptors (Lipinski definition) is 3. The Labute approximate surface area is 188 Å². The Bertz CT molecular complexity index is 978. The van der Waals surface area contributed by atoms with Crippen molar-refractivity contribution in [2.24, 2.45) is 0 Å². The van der Waals surface area contributed by atoms with Gasteiger partial charge in [-0.1, -0.05) is 57.2 Å². The molecule has 1 aliphatic carbocycles. The van der Waals surface area contributed by atoms with Crippen LogP contribution >= 0.6 is 11.6 Å². The maximum atomic E-state index is 13.7. The van der Waals surface area contributed by atoms with Gasteiger partial charge in [-0.05, 0) is 49.9 Å². The highest BCUT2D eigenvalue weighted by Gasteiger charge is 2.49. The van der Waals surface area contributed by atoms with E-state index < -0.39 is 5.54 Å². The second kappa shape index (κ2) is 8.65. The first-order valence-electron chi connectivity index (χ1n) is 11.3. The molecular weight excluding hydrogens is 412 g/mol. The Morgan fingerprint density at radius 2 is 1.90 bits per heavy atom. The molecule has 2 heterocycles. The van der Waals surface area contributed by atoms with Crippen molar-refractivity contribution in [2.75, 3.05) is 4.90 Å². The number of halogens is 1. The summed E-state index contributed by atoms with van der Waals surface area (Å²) >= 11 is 6.25. The van der Waals surface area contributed by atoms with Gasteiger partial charge < -0.3 is 5.32 Å². The molecule has 1 aromatic heterocycles. The lowest BCUT2D eigenvalue weighted by Crippen LogP contribution is -2.65. The van der Waals surface area contributed by atoms with Crippen LogP contribution in [0.3, 0.4) is 0 Å². The van der Waals surface area contributed by atoms with Crippen LogP contribution in [0.25, 0.3) is 0 Å². The van der Waals surface area contributed by atoms with Crippen molar-refractivity contribution < 1.29 is 9.59 Å². The van der Waals surface area contributed by atoms with Crippen LogP contribution in [-0.4, -0.2) is 33.2 Å². The minimum Gasteiger partial charge on any atom is -0.351 e. The molecule has 0 radical (unpaired) electrons. The number of carbonyl (C=O) groups is 2. The summed E-state index contributed by atoms with van der Waals surface area (Å²) in [6.07, 6.45) is 6.64. The SMILES string of the molecule is CC(C)c1cc2n(n1)C[C@@](C)(C(=O)NC1CCCCCC1)N(c1cccc(Cl)c1)C2=O. The van der Waals surface area contributed by atoms with Crippen LogP contribution in [0.2, 0.25) is 5.02 Å². The van der Waals surface area contributed by atoms with E-state index >= 15 is 0 Å². The van der Waals surface area contributed by atoms with E-state index in [0.717, 1.165) is 31.4 Å². The van der Waals surface area contributed by atoms with Gasteiger partial charge in [0.1, 0.15) is 11.2 Å². The summed E-state index contributed by atoms with van der Waals surface area (Å²) in [7, 11) is 0. The van der Waals surface area contributed by atoms with Crippen molar-refractivity contribution in [3.05, 3.63) is 46.7 Å². The van der Waals surface area contributed by atoms with Crippen molar-refractivity contribution in [3.8, 4) is 0 Å². The van der Waals surface area contributed by atoms with Crippen molar-refractivity contribution in [3.63, 3.8) is 0 Å². The largest absolute Gasteiger partial charge is 0.351 e. The normalized spacial score (nSPS) is 22.4. The van der Waals surface area contributed by atoms with Gasteiger partial charge in [0.05, 0.1) is 12.2 Å². The highest BCUT2D eigenvalue weighted by Crippen LogP contribution is 2.35. The second-order valence-corrected chi connectivity index (χ2v) is 9.76. The van der Waals surface area contributed by atoms with Gasteiger partial charge in [-0.25, -0.2) is 0 Å². The van der Waals surface area contributed by atoms with E-state index in [1.165, 1.54) is 12.8 Å². The molecule has 1 N–H and O–H groups in total. The molecule has 0 saturated heterocycles. The van der Waals surface area contributed by atoms with Gasteiger partial charge in [0.25, 0.3) is 5.91 Å². The lowest BCUT2D eigenvalue weighted by atomic mass is 9.93. The number of nitrogens with zero attached hydrogens (tertiary/aromatic N) is 3. The van der Waals surface area contributed by atoms with Gasteiger partial charge in [-0.2, -0.15) is 5.10 Å².